The number of hydrogen-bond acceptors (Lipinski definition) is 5. The van der Waals surface area contributed by atoms with Crippen LogP contribution in [0.1, 0.15) is 43.1 Å². The van der Waals surface area contributed by atoms with Gasteiger partial charge < -0.3 is 13.9 Å². The van der Waals surface area contributed by atoms with Gasteiger partial charge in [-0.3, -0.25) is 4.79 Å². The first-order valence-corrected chi connectivity index (χ1v) is 9.88. The van der Waals surface area contributed by atoms with Crippen LogP contribution in [-0.2, 0) is 22.6 Å². The van der Waals surface area contributed by atoms with Crippen molar-refractivity contribution >= 4 is 12.0 Å². The molecule has 29 heavy (non-hydrogen) atoms. The van der Waals surface area contributed by atoms with E-state index in [1.165, 1.54) is 0 Å². The van der Waals surface area contributed by atoms with Crippen molar-refractivity contribution in [2.75, 3.05) is 0 Å². The fourth-order valence-corrected chi connectivity index (χ4v) is 3.88. The highest BCUT2D eigenvalue weighted by Crippen LogP contribution is 2.39. The van der Waals surface area contributed by atoms with Crippen LogP contribution in [0.4, 0.5) is 0 Å². The Hall–Kier alpha value is -3.08. The summed E-state index contributed by atoms with van der Waals surface area (Å²) in [5.74, 6) is 0.689. The first-order valence-electron chi connectivity index (χ1n) is 9.88. The molecule has 1 saturated carbocycles. The summed E-state index contributed by atoms with van der Waals surface area (Å²) in [4.78, 5) is 24.6. The Morgan fingerprint density at radius 2 is 2.07 bits per heavy atom. The molecule has 150 valence electrons. The number of fused-ring (bicyclic) bond motifs is 2. The molecule has 1 aromatic carbocycles. The van der Waals surface area contributed by atoms with Crippen LogP contribution in [0.3, 0.4) is 0 Å². The van der Waals surface area contributed by atoms with E-state index in [0.29, 0.717) is 17.2 Å². The predicted octanol–water partition coefficient (Wildman–Crippen LogP) is 4.45. The molecule has 2 atom stereocenters. The molecule has 0 saturated heterocycles. The second-order valence-corrected chi connectivity index (χ2v) is 7.74. The van der Waals surface area contributed by atoms with Crippen molar-refractivity contribution in [2.45, 2.75) is 45.3 Å². The van der Waals surface area contributed by atoms with Gasteiger partial charge in [0.1, 0.15) is 36.2 Å². The van der Waals surface area contributed by atoms with Gasteiger partial charge in [0.25, 0.3) is 0 Å². The molecule has 1 fully saturated rings. The Balaban J connectivity index is 1.46. The van der Waals surface area contributed by atoms with E-state index in [1.807, 2.05) is 43.3 Å². The van der Waals surface area contributed by atoms with Crippen LogP contribution in [0.15, 0.2) is 63.3 Å². The lowest BCUT2D eigenvalue weighted by atomic mass is 9.79. The van der Waals surface area contributed by atoms with Crippen LogP contribution in [0.25, 0.3) is 6.08 Å². The zero-order chi connectivity index (χ0) is 20.4. The average Bonchev–Trinajstić information content (AvgIpc) is 2.71. The quantitative estimate of drug-likeness (QED) is 0.556. The highest BCUT2D eigenvalue weighted by molar-refractivity contribution is 5.72. The molecule has 2 aliphatic rings. The standard InChI is InChI=1S/C24H24O5/c1-15(2)17-8-9-18-10-20-22(29-21(18)11-17)12-19(28-24(20)26)13-23(25)27-14-16-6-4-3-5-7-16/h3-7,10,12,17,21H,1,8-9,11,13-14H2,2H3/t17-,21-/m0/s1. The summed E-state index contributed by atoms with van der Waals surface area (Å²) in [6.07, 6.45) is 4.48. The Morgan fingerprint density at radius 3 is 2.83 bits per heavy atom. The molecule has 0 bridgehead atoms. The van der Waals surface area contributed by atoms with Gasteiger partial charge in [0.2, 0.25) is 0 Å². The maximum atomic E-state index is 12.4. The van der Waals surface area contributed by atoms with E-state index >= 15 is 0 Å². The van der Waals surface area contributed by atoms with Gasteiger partial charge in [0, 0.05) is 6.07 Å². The van der Waals surface area contributed by atoms with Gasteiger partial charge in [-0.1, -0.05) is 42.5 Å². The summed E-state index contributed by atoms with van der Waals surface area (Å²) < 4.78 is 16.7. The molecule has 0 amide bonds. The molecule has 0 N–H and O–H groups in total. The maximum absolute atomic E-state index is 12.4. The van der Waals surface area contributed by atoms with E-state index in [-0.39, 0.29) is 24.9 Å². The molecule has 0 radical (unpaired) electrons. The molecule has 1 aromatic heterocycles. The van der Waals surface area contributed by atoms with Crippen molar-refractivity contribution in [1.82, 2.24) is 0 Å². The van der Waals surface area contributed by atoms with E-state index in [1.54, 1.807) is 6.07 Å². The van der Waals surface area contributed by atoms with Gasteiger partial charge in [-0.15, -0.1) is 0 Å². The Labute approximate surface area is 169 Å². The highest BCUT2D eigenvalue weighted by atomic mass is 16.5. The zero-order valence-corrected chi connectivity index (χ0v) is 16.5. The molecule has 5 nitrogen and oxygen atoms in total. The summed E-state index contributed by atoms with van der Waals surface area (Å²) in [6, 6.07) is 11.1. The second-order valence-electron chi connectivity index (χ2n) is 7.74. The summed E-state index contributed by atoms with van der Waals surface area (Å²) in [5, 5.41) is 0. The number of ether oxygens (including phenoxy) is 2. The smallest absolute Gasteiger partial charge is 0.347 e. The lowest BCUT2D eigenvalue weighted by molar-refractivity contribution is -0.144. The fraction of sp³-hybridized carbons (Fsp3) is 0.333. The zero-order valence-electron chi connectivity index (χ0n) is 16.5. The van der Waals surface area contributed by atoms with E-state index in [9.17, 15) is 9.59 Å². The number of rotatable bonds is 5. The number of carbonyl (C=O) groups excluding carboxylic acids is 1. The van der Waals surface area contributed by atoms with Crippen molar-refractivity contribution < 1.29 is 18.7 Å². The fourth-order valence-electron chi connectivity index (χ4n) is 3.88. The van der Waals surface area contributed by atoms with Crippen LogP contribution in [0.5, 0.6) is 5.75 Å². The van der Waals surface area contributed by atoms with Crippen molar-refractivity contribution in [3.63, 3.8) is 0 Å². The van der Waals surface area contributed by atoms with Crippen LogP contribution >= 0.6 is 0 Å². The molecule has 1 aliphatic carbocycles. The van der Waals surface area contributed by atoms with E-state index in [2.05, 4.69) is 6.58 Å². The van der Waals surface area contributed by atoms with Gasteiger partial charge in [0.05, 0.1) is 0 Å². The third-order valence-electron chi connectivity index (χ3n) is 5.55. The molecule has 4 rings (SSSR count). The van der Waals surface area contributed by atoms with E-state index < -0.39 is 11.6 Å². The predicted molar refractivity (Wildman–Crippen MR) is 109 cm³/mol. The molecule has 2 aromatic rings. The number of esters is 1. The summed E-state index contributed by atoms with van der Waals surface area (Å²) in [5.41, 5.74) is 3.12. The SMILES string of the molecule is C=C(C)[C@H]1CCC2=Cc3c(cc(CC(=O)OCc4ccccc4)oc3=O)O[C@H]2C1. The number of benzene rings is 1. The average molecular weight is 392 g/mol. The number of carbonyl (C=O) groups is 1. The molecular formula is C24H24O5. The monoisotopic (exact) mass is 392 g/mol. The molecular weight excluding hydrogens is 368 g/mol. The van der Waals surface area contributed by atoms with Crippen molar-refractivity contribution in [3.05, 3.63) is 81.4 Å². The van der Waals surface area contributed by atoms with Crippen LogP contribution < -0.4 is 10.4 Å². The largest absolute Gasteiger partial charge is 0.485 e. The molecule has 0 unspecified atom stereocenters. The van der Waals surface area contributed by atoms with Crippen molar-refractivity contribution in [1.29, 1.82) is 0 Å². The van der Waals surface area contributed by atoms with Gasteiger partial charge >= 0.3 is 11.6 Å². The van der Waals surface area contributed by atoms with E-state index in [0.717, 1.165) is 36.0 Å². The minimum absolute atomic E-state index is 0.0577. The second kappa shape index (κ2) is 8.11. The van der Waals surface area contributed by atoms with Crippen molar-refractivity contribution in [3.8, 4) is 5.75 Å². The normalized spacial score (nSPS) is 20.0. The summed E-state index contributed by atoms with van der Waals surface area (Å²) in [7, 11) is 0. The Bertz CT molecular complexity index is 1020. The topological polar surface area (TPSA) is 65.7 Å². The first-order chi connectivity index (χ1) is 14.0. The summed E-state index contributed by atoms with van der Waals surface area (Å²) >= 11 is 0. The molecule has 2 heterocycles. The molecule has 5 heteroatoms. The Kier molecular flexibility index (Phi) is 5.38. The van der Waals surface area contributed by atoms with Crippen LogP contribution in [0, 0.1) is 5.92 Å². The van der Waals surface area contributed by atoms with Gasteiger partial charge in [-0.25, -0.2) is 4.79 Å². The first kappa shape index (κ1) is 19.2. The summed E-state index contributed by atoms with van der Waals surface area (Å²) in [6.45, 7) is 6.30. The minimum atomic E-state index is -0.485. The lowest BCUT2D eigenvalue weighted by Gasteiger charge is -2.35. The number of hydrogen-bond donors (Lipinski definition) is 0. The van der Waals surface area contributed by atoms with Gasteiger partial charge in [-0.2, -0.15) is 0 Å². The lowest BCUT2D eigenvalue weighted by Crippen LogP contribution is -2.31. The minimum Gasteiger partial charge on any atom is -0.485 e. The number of allylic oxidation sites excluding steroid dienone is 1. The highest BCUT2D eigenvalue weighted by Gasteiger charge is 2.32. The molecule has 1 aliphatic heterocycles. The van der Waals surface area contributed by atoms with Crippen molar-refractivity contribution in [2.24, 2.45) is 5.92 Å². The maximum Gasteiger partial charge on any atom is 0.347 e. The molecule has 0 spiro atoms. The van der Waals surface area contributed by atoms with Crippen LogP contribution in [-0.4, -0.2) is 12.1 Å². The Morgan fingerprint density at radius 1 is 1.28 bits per heavy atom. The third-order valence-corrected chi connectivity index (χ3v) is 5.55. The van der Waals surface area contributed by atoms with Gasteiger partial charge in [-0.05, 0) is 49.3 Å². The third kappa shape index (κ3) is 4.34. The van der Waals surface area contributed by atoms with E-state index in [4.69, 9.17) is 13.9 Å². The van der Waals surface area contributed by atoms with Gasteiger partial charge in [0.15, 0.2) is 0 Å². The van der Waals surface area contributed by atoms with Crippen LogP contribution in [0.2, 0.25) is 0 Å².